The Morgan fingerprint density at radius 3 is 2.46 bits per heavy atom. The first-order chi connectivity index (χ1) is 19.1. The van der Waals surface area contributed by atoms with Crippen LogP contribution in [0.3, 0.4) is 0 Å². The minimum absolute atomic E-state index is 0.126. The second-order valence-electron chi connectivity index (χ2n) is 10.9. The summed E-state index contributed by atoms with van der Waals surface area (Å²) in [4.78, 5) is 9.43. The second-order valence-corrected chi connectivity index (χ2v) is 11.8. The summed E-state index contributed by atoms with van der Waals surface area (Å²) < 4.78 is 5.84. The van der Waals surface area contributed by atoms with Gasteiger partial charge in [-0.25, -0.2) is 4.98 Å². The molecule has 2 unspecified atom stereocenters. The molecule has 0 radical (unpaired) electrons. The molecular weight excluding hydrogens is 529 g/mol. The average Bonchev–Trinajstić information content (AvgIpc) is 3.77. The molecule has 0 amide bonds. The van der Waals surface area contributed by atoms with Crippen molar-refractivity contribution in [3.63, 3.8) is 0 Å². The number of piperazine rings is 1. The van der Waals surface area contributed by atoms with Crippen LogP contribution in [0.25, 0.3) is 10.9 Å². The molecule has 200 valence electrons. The molecule has 4 aromatic rings. The zero-order chi connectivity index (χ0) is 26.5. The van der Waals surface area contributed by atoms with Gasteiger partial charge in [-0.3, -0.25) is 9.80 Å². The largest absolute Gasteiger partial charge is 0.475 e. The Kier molecular flexibility index (Phi) is 6.74. The summed E-state index contributed by atoms with van der Waals surface area (Å²) in [7, 11) is 0. The maximum Gasteiger partial charge on any atom is 0.213 e. The lowest BCUT2D eigenvalue weighted by atomic mass is 9.92. The topological polar surface area (TPSA) is 48.8 Å². The molecule has 0 spiro atoms. The van der Waals surface area contributed by atoms with E-state index in [1.165, 1.54) is 27.8 Å². The molecule has 1 N–H and O–H groups in total. The van der Waals surface area contributed by atoms with Gasteiger partial charge in [0.05, 0.1) is 22.3 Å². The molecule has 1 fully saturated rings. The summed E-state index contributed by atoms with van der Waals surface area (Å²) in [6, 6.07) is 25.0. The highest BCUT2D eigenvalue weighted by Gasteiger charge is 2.40. The van der Waals surface area contributed by atoms with E-state index in [0.29, 0.717) is 12.4 Å². The standard InChI is InChI=1S/C32H31Cl2N3O2/c33-30-23-6-2-3-7-24(23)32(25-11-9-21-17-26(21)29(25)31(30)34)37-15-13-36(14-16-37)18-22(38)19-39-28-12-10-20-5-1-4-8-27(20)35-28/h1-12,22,30-32,38H,13-19H2/t22-,30?,31+,32?/m1/s1. The number of fused-ring (bicyclic) bond motifs is 5. The van der Waals surface area contributed by atoms with Crippen molar-refractivity contribution in [2.45, 2.75) is 29.3 Å². The van der Waals surface area contributed by atoms with Crippen LogP contribution in [0.15, 0.2) is 72.8 Å². The number of aliphatic hydroxyl groups is 1. The Hall–Kier alpha value is -2.67. The van der Waals surface area contributed by atoms with Crippen LogP contribution in [0.2, 0.25) is 0 Å². The minimum Gasteiger partial charge on any atom is -0.475 e. The zero-order valence-electron chi connectivity index (χ0n) is 21.6. The molecule has 1 aliphatic heterocycles. The number of aromatic nitrogens is 1. The van der Waals surface area contributed by atoms with Crippen molar-refractivity contribution in [3.05, 3.63) is 106 Å². The molecule has 2 heterocycles. The minimum atomic E-state index is -0.590. The summed E-state index contributed by atoms with van der Waals surface area (Å²) in [5.74, 6) is 0.540. The van der Waals surface area contributed by atoms with Crippen LogP contribution in [0, 0.1) is 0 Å². The van der Waals surface area contributed by atoms with Crippen molar-refractivity contribution >= 4 is 34.1 Å². The molecular formula is C32H31Cl2N3O2. The molecule has 7 heteroatoms. The summed E-state index contributed by atoms with van der Waals surface area (Å²) >= 11 is 14.1. The van der Waals surface area contributed by atoms with Crippen LogP contribution in [-0.4, -0.2) is 65.3 Å². The predicted molar refractivity (Wildman–Crippen MR) is 156 cm³/mol. The van der Waals surface area contributed by atoms with Crippen molar-refractivity contribution in [2.24, 2.45) is 0 Å². The van der Waals surface area contributed by atoms with Gasteiger partial charge in [0.1, 0.15) is 12.7 Å². The highest BCUT2D eigenvalue weighted by molar-refractivity contribution is 6.30. The van der Waals surface area contributed by atoms with Crippen molar-refractivity contribution in [2.75, 3.05) is 39.3 Å². The molecule has 5 nitrogen and oxygen atoms in total. The number of halogens is 2. The first-order valence-corrected chi connectivity index (χ1v) is 14.6. The van der Waals surface area contributed by atoms with Gasteiger partial charge >= 0.3 is 0 Å². The molecule has 4 atom stereocenters. The monoisotopic (exact) mass is 559 g/mol. The molecule has 1 saturated heterocycles. The van der Waals surface area contributed by atoms with E-state index < -0.39 is 6.10 Å². The molecule has 0 saturated carbocycles. The molecule has 3 aromatic carbocycles. The first-order valence-electron chi connectivity index (χ1n) is 13.7. The van der Waals surface area contributed by atoms with Gasteiger partial charge in [0.25, 0.3) is 0 Å². The van der Waals surface area contributed by atoms with E-state index in [-0.39, 0.29) is 23.4 Å². The lowest BCUT2D eigenvalue weighted by Crippen LogP contribution is -2.50. The van der Waals surface area contributed by atoms with E-state index in [1.807, 2.05) is 36.4 Å². The highest BCUT2D eigenvalue weighted by atomic mass is 35.5. The molecule has 1 aromatic heterocycles. The number of hydrogen-bond donors (Lipinski definition) is 1. The van der Waals surface area contributed by atoms with Crippen molar-refractivity contribution in [1.82, 2.24) is 14.8 Å². The number of nitrogens with zero attached hydrogens (tertiary/aromatic N) is 3. The van der Waals surface area contributed by atoms with Gasteiger partial charge in [0.2, 0.25) is 5.88 Å². The van der Waals surface area contributed by atoms with E-state index in [2.05, 4.69) is 51.2 Å². The molecule has 39 heavy (non-hydrogen) atoms. The smallest absolute Gasteiger partial charge is 0.213 e. The number of β-amino-alcohol motifs (C(OH)–C–C–N with tert-alkyl or cyclic N) is 1. The number of aliphatic hydroxyl groups excluding tert-OH is 1. The summed E-state index contributed by atoms with van der Waals surface area (Å²) in [5.41, 5.74) is 8.60. The Bertz CT molecular complexity index is 1520. The predicted octanol–water partition coefficient (Wildman–Crippen LogP) is 5.86. The molecule has 0 bridgehead atoms. The van der Waals surface area contributed by atoms with Crippen LogP contribution in [0.1, 0.15) is 50.2 Å². The first kappa shape index (κ1) is 25.3. The third kappa shape index (κ3) is 4.81. The number of benzene rings is 3. The Morgan fingerprint density at radius 1 is 0.846 bits per heavy atom. The van der Waals surface area contributed by atoms with Crippen LogP contribution >= 0.6 is 23.2 Å². The highest BCUT2D eigenvalue weighted by Crippen LogP contribution is 2.54. The molecule has 7 rings (SSSR count). The number of pyridine rings is 1. The van der Waals surface area contributed by atoms with E-state index in [9.17, 15) is 5.11 Å². The van der Waals surface area contributed by atoms with Crippen molar-refractivity contribution in [3.8, 4) is 5.88 Å². The van der Waals surface area contributed by atoms with Gasteiger partial charge in [0, 0.05) is 44.2 Å². The van der Waals surface area contributed by atoms with E-state index in [1.54, 1.807) is 0 Å². The van der Waals surface area contributed by atoms with Crippen molar-refractivity contribution in [1.29, 1.82) is 0 Å². The fraction of sp³-hybridized carbons (Fsp3) is 0.344. The lowest BCUT2D eigenvalue weighted by molar-refractivity contribution is 0.0391. The fourth-order valence-corrected chi connectivity index (χ4v) is 7.05. The third-order valence-corrected chi connectivity index (χ3v) is 9.47. The average molecular weight is 561 g/mol. The normalized spacial score (nSPS) is 23.4. The van der Waals surface area contributed by atoms with Crippen LogP contribution < -0.4 is 4.74 Å². The third-order valence-electron chi connectivity index (χ3n) is 8.38. The van der Waals surface area contributed by atoms with Gasteiger partial charge in [-0.1, -0.05) is 54.6 Å². The quantitative estimate of drug-likeness (QED) is 0.264. The summed E-state index contributed by atoms with van der Waals surface area (Å²) in [5, 5.41) is 11.3. The zero-order valence-corrected chi connectivity index (χ0v) is 23.2. The van der Waals surface area contributed by atoms with Gasteiger partial charge in [-0.05, 0) is 51.9 Å². The summed E-state index contributed by atoms with van der Waals surface area (Å²) in [6.07, 6.45) is 0.432. The number of alkyl halides is 2. The van der Waals surface area contributed by atoms with E-state index in [4.69, 9.17) is 27.9 Å². The molecule has 2 aliphatic carbocycles. The van der Waals surface area contributed by atoms with Crippen LogP contribution in [-0.2, 0) is 6.42 Å². The maximum absolute atomic E-state index is 10.7. The SMILES string of the molecule is O[C@@H](COc1ccc2ccccc2n1)CN1CCN(C2c3ccccc3C(Cl)[C@@H](Cl)c3c2ccc2c3C2)CC1. The number of ether oxygens (including phenoxy) is 1. The van der Waals surface area contributed by atoms with Crippen LogP contribution in [0.4, 0.5) is 0 Å². The van der Waals surface area contributed by atoms with Gasteiger partial charge in [0.15, 0.2) is 0 Å². The number of para-hydroxylation sites is 1. The van der Waals surface area contributed by atoms with E-state index in [0.717, 1.165) is 49.1 Å². The van der Waals surface area contributed by atoms with Crippen molar-refractivity contribution < 1.29 is 9.84 Å². The maximum atomic E-state index is 10.7. The molecule has 3 aliphatic rings. The fourth-order valence-electron chi connectivity index (χ4n) is 6.33. The van der Waals surface area contributed by atoms with E-state index >= 15 is 0 Å². The number of rotatable bonds is 6. The Labute approximate surface area is 238 Å². The second kappa shape index (κ2) is 10.4. The summed E-state index contributed by atoms with van der Waals surface area (Å²) in [6.45, 7) is 4.33. The number of hydrogen-bond acceptors (Lipinski definition) is 5. The Morgan fingerprint density at radius 2 is 1.62 bits per heavy atom. The van der Waals surface area contributed by atoms with Crippen LogP contribution in [0.5, 0.6) is 5.88 Å². The van der Waals surface area contributed by atoms with Gasteiger partial charge in [-0.15, -0.1) is 23.2 Å². The van der Waals surface area contributed by atoms with Gasteiger partial charge in [-0.2, -0.15) is 0 Å². The Balaban J connectivity index is 1.03. The lowest BCUT2D eigenvalue weighted by Gasteiger charge is -2.40. The van der Waals surface area contributed by atoms with Gasteiger partial charge < -0.3 is 9.84 Å².